The van der Waals surface area contributed by atoms with Gasteiger partial charge in [-0.05, 0) is 119 Å². The second kappa shape index (κ2) is 33.4. The van der Waals surface area contributed by atoms with Crippen LogP contribution in [0.15, 0.2) is 164 Å². The first-order chi connectivity index (χ1) is 31.8. The van der Waals surface area contributed by atoms with Crippen molar-refractivity contribution in [3.05, 3.63) is 198 Å². The number of aliphatic hydroxyl groups excluding tert-OH is 2. The minimum atomic E-state index is -0.160. The summed E-state index contributed by atoms with van der Waals surface area (Å²) >= 11 is 0. The van der Waals surface area contributed by atoms with Gasteiger partial charge < -0.3 is 14.9 Å². The molecule has 4 aromatic carbocycles. The van der Waals surface area contributed by atoms with Gasteiger partial charge in [0.2, 0.25) is 0 Å². The van der Waals surface area contributed by atoms with E-state index in [9.17, 15) is 5.11 Å². The fourth-order valence-corrected chi connectivity index (χ4v) is 6.96. The van der Waals surface area contributed by atoms with E-state index in [1.807, 2.05) is 118 Å². The molecule has 0 spiro atoms. The predicted octanol–water partition coefficient (Wildman–Crippen LogP) is 15.7. The molecule has 2 N–H and O–H groups in total. The van der Waals surface area contributed by atoms with Crippen LogP contribution in [0.25, 0.3) is 0 Å². The molecule has 5 nitrogen and oxygen atoms in total. The summed E-state index contributed by atoms with van der Waals surface area (Å²) < 4.78 is 5.36. The molecule has 2 heterocycles. The highest BCUT2D eigenvalue weighted by molar-refractivity contribution is 5.36. The Morgan fingerprint density at radius 2 is 1.09 bits per heavy atom. The topological polar surface area (TPSA) is 75.5 Å². The van der Waals surface area contributed by atoms with Crippen LogP contribution in [0.4, 0.5) is 0 Å². The Bertz CT molecular complexity index is 1920. The molecule has 5 heteroatoms. The maximum absolute atomic E-state index is 9.52. The number of para-hydroxylation sites is 1. The second-order valence-corrected chi connectivity index (χ2v) is 20.8. The Balaban J connectivity index is 0.000000399. The highest BCUT2D eigenvalue weighted by Crippen LogP contribution is 2.32. The fourth-order valence-electron chi connectivity index (χ4n) is 6.96. The predicted molar refractivity (Wildman–Crippen MR) is 289 cm³/mol. The summed E-state index contributed by atoms with van der Waals surface area (Å²) in [6, 6.07) is 49.2. The molecule has 67 heavy (non-hydrogen) atoms. The van der Waals surface area contributed by atoms with E-state index < -0.39 is 0 Å². The first kappa shape index (κ1) is 59.9. The van der Waals surface area contributed by atoms with Crippen LogP contribution in [0.1, 0.15) is 143 Å². The number of fused-ring (bicyclic) bond motifs is 1. The first-order valence-corrected chi connectivity index (χ1v) is 24.7. The van der Waals surface area contributed by atoms with Gasteiger partial charge in [-0.15, -0.1) is 0 Å². The van der Waals surface area contributed by atoms with E-state index in [4.69, 9.17) is 9.84 Å². The van der Waals surface area contributed by atoms with E-state index >= 15 is 0 Å². The number of benzene rings is 4. The van der Waals surface area contributed by atoms with E-state index in [0.717, 1.165) is 50.9 Å². The number of hydrogen-bond donors (Lipinski definition) is 2. The molecule has 0 saturated heterocycles. The Morgan fingerprint density at radius 3 is 1.57 bits per heavy atom. The molecule has 0 aliphatic heterocycles. The average molecular weight is 911 g/mol. The Labute approximate surface area is 409 Å². The molecule has 0 bridgehead atoms. The maximum atomic E-state index is 9.52. The van der Waals surface area contributed by atoms with Gasteiger partial charge >= 0.3 is 0 Å². The van der Waals surface area contributed by atoms with Crippen molar-refractivity contribution >= 4 is 0 Å². The monoisotopic (exact) mass is 911 g/mol. The van der Waals surface area contributed by atoms with Gasteiger partial charge in [-0.25, -0.2) is 0 Å². The SMILES string of the molecule is CC.CC(C)(C)Cc1ccccc1.CC(C)(C)Cc1ccccn1.CC(C)(C)Cc1cccnc1.CC(CO)Cc1ccccc1.CCCOc1ccccc1.C[C@H]1c2ccccc2CC1O. The summed E-state index contributed by atoms with van der Waals surface area (Å²) in [6.45, 7) is 31.5. The van der Waals surface area contributed by atoms with Crippen molar-refractivity contribution < 1.29 is 14.9 Å². The molecule has 7 rings (SSSR count). The van der Waals surface area contributed by atoms with Crippen LogP contribution in [0, 0.1) is 22.2 Å². The van der Waals surface area contributed by atoms with Crippen LogP contribution in [-0.2, 0) is 32.1 Å². The molecular formula is C62H90N2O3. The number of hydrogen-bond acceptors (Lipinski definition) is 5. The molecule has 1 aliphatic carbocycles. The second-order valence-electron chi connectivity index (χ2n) is 20.8. The molecule has 0 radical (unpaired) electrons. The van der Waals surface area contributed by atoms with Gasteiger partial charge in [-0.1, -0.05) is 212 Å². The van der Waals surface area contributed by atoms with E-state index in [-0.39, 0.29) is 12.7 Å². The molecule has 366 valence electrons. The maximum Gasteiger partial charge on any atom is 0.119 e. The van der Waals surface area contributed by atoms with E-state index in [1.54, 1.807) is 0 Å². The lowest BCUT2D eigenvalue weighted by Gasteiger charge is -2.17. The third-order valence-corrected chi connectivity index (χ3v) is 9.98. The molecule has 6 aromatic rings. The van der Waals surface area contributed by atoms with Crippen LogP contribution in [-0.4, -0.2) is 39.5 Å². The zero-order valence-corrected chi connectivity index (χ0v) is 44.2. The smallest absolute Gasteiger partial charge is 0.119 e. The summed E-state index contributed by atoms with van der Waals surface area (Å²) in [5, 5.41) is 18.3. The summed E-state index contributed by atoms with van der Waals surface area (Å²) in [5.41, 5.74) is 8.97. The summed E-state index contributed by atoms with van der Waals surface area (Å²) in [6.07, 6.45) is 11.6. The minimum absolute atomic E-state index is 0.160. The molecule has 0 amide bonds. The first-order valence-electron chi connectivity index (χ1n) is 24.7. The number of aromatic nitrogens is 2. The fraction of sp³-hybridized carbons (Fsp3) is 0.452. The van der Waals surface area contributed by atoms with Crippen LogP contribution < -0.4 is 4.74 Å². The third-order valence-electron chi connectivity index (χ3n) is 9.98. The van der Waals surface area contributed by atoms with Crippen molar-refractivity contribution in [2.45, 2.75) is 147 Å². The zero-order valence-electron chi connectivity index (χ0n) is 44.2. The molecule has 3 atom stereocenters. The van der Waals surface area contributed by atoms with Gasteiger partial charge in [0.1, 0.15) is 5.75 Å². The Kier molecular flexibility index (Phi) is 29.9. The largest absolute Gasteiger partial charge is 0.494 e. The highest BCUT2D eigenvalue weighted by Gasteiger charge is 2.26. The summed E-state index contributed by atoms with van der Waals surface area (Å²) in [5.74, 6) is 1.66. The average Bonchev–Trinajstić information content (AvgIpc) is 3.59. The van der Waals surface area contributed by atoms with Crippen LogP contribution in [0.3, 0.4) is 0 Å². The lowest BCUT2D eigenvalue weighted by Crippen LogP contribution is -2.09. The normalized spacial score (nSPS) is 14.0. The van der Waals surface area contributed by atoms with Crippen molar-refractivity contribution in [1.82, 2.24) is 9.97 Å². The Hall–Kier alpha value is -5.10. The summed E-state index contributed by atoms with van der Waals surface area (Å²) in [7, 11) is 0. The van der Waals surface area contributed by atoms with Gasteiger partial charge in [0.15, 0.2) is 0 Å². The lowest BCUT2D eigenvalue weighted by atomic mass is 9.88. The van der Waals surface area contributed by atoms with Gasteiger partial charge in [0, 0.05) is 36.8 Å². The number of rotatable bonds is 9. The van der Waals surface area contributed by atoms with Gasteiger partial charge in [0.25, 0.3) is 0 Å². The van der Waals surface area contributed by atoms with E-state index in [1.165, 1.54) is 33.5 Å². The Morgan fingerprint density at radius 1 is 0.597 bits per heavy atom. The molecule has 0 fully saturated rings. The lowest BCUT2D eigenvalue weighted by molar-refractivity contribution is 0.163. The molecule has 1 aliphatic rings. The van der Waals surface area contributed by atoms with Crippen molar-refractivity contribution in [1.29, 1.82) is 0 Å². The van der Waals surface area contributed by atoms with Crippen LogP contribution in [0.5, 0.6) is 5.75 Å². The van der Waals surface area contributed by atoms with E-state index in [2.05, 4.69) is 153 Å². The van der Waals surface area contributed by atoms with Crippen LogP contribution >= 0.6 is 0 Å². The molecular weight excluding hydrogens is 821 g/mol. The van der Waals surface area contributed by atoms with Gasteiger partial charge in [0.05, 0.1) is 12.7 Å². The van der Waals surface area contributed by atoms with Crippen LogP contribution in [0.2, 0.25) is 0 Å². The van der Waals surface area contributed by atoms with Crippen molar-refractivity contribution in [2.75, 3.05) is 13.2 Å². The third kappa shape index (κ3) is 30.7. The standard InChI is InChI=1S/C11H16.2C10H15N.C10H12O.C10H14O.C9H12O.C2H6/c1-11(2,3)9-10-7-5-4-6-8-10;1-10(2,3)7-9-5-4-6-11-8-9;1-10(2,3)8-9-6-4-5-7-11-9;1-7-9-5-3-2-4-8(9)6-10(7)11;1-9(8-11)7-10-5-3-2-4-6-10;1-2-8-10-9-6-4-3-5-7-9;1-2/h4-8H,9H2,1-3H3;4-6,8H,7H2,1-3H3;4-7H,8H2,1-3H3;2-5,7,10-11H,6H2,1H3;2-6,9,11H,7-8H2,1H3;3-7H,2,8H2,1H3;1-2H3/t;;;7-,10?;;;/m...0.../s1. The van der Waals surface area contributed by atoms with Gasteiger partial charge in [-0.2, -0.15) is 0 Å². The molecule has 2 unspecified atom stereocenters. The number of aliphatic hydroxyl groups is 2. The van der Waals surface area contributed by atoms with Crippen molar-refractivity contribution in [3.63, 3.8) is 0 Å². The number of pyridine rings is 2. The molecule has 2 aromatic heterocycles. The molecule has 0 saturated carbocycles. The minimum Gasteiger partial charge on any atom is -0.494 e. The van der Waals surface area contributed by atoms with Crippen molar-refractivity contribution in [2.24, 2.45) is 22.2 Å². The zero-order chi connectivity index (χ0) is 50.1. The van der Waals surface area contributed by atoms with E-state index in [0.29, 0.717) is 28.1 Å². The van der Waals surface area contributed by atoms with Crippen molar-refractivity contribution in [3.8, 4) is 5.75 Å². The quantitative estimate of drug-likeness (QED) is 0.151. The highest BCUT2D eigenvalue weighted by atomic mass is 16.5. The number of ether oxygens (including phenoxy) is 1. The number of nitrogens with zero attached hydrogens (tertiary/aromatic N) is 2. The van der Waals surface area contributed by atoms with Gasteiger partial charge in [-0.3, -0.25) is 9.97 Å². The summed E-state index contributed by atoms with van der Waals surface area (Å²) in [4.78, 5) is 8.33.